The van der Waals surface area contributed by atoms with Gasteiger partial charge in [-0.1, -0.05) is 24.3 Å². The molecule has 0 radical (unpaired) electrons. The Morgan fingerprint density at radius 3 is 1.48 bits per heavy atom. The van der Waals surface area contributed by atoms with Crippen LogP contribution in [0.4, 0.5) is 0 Å². The zero-order valence-corrected chi connectivity index (χ0v) is 12.5. The fourth-order valence-electron chi connectivity index (χ4n) is 2.88. The van der Waals surface area contributed by atoms with Gasteiger partial charge in [-0.25, -0.2) is 0 Å². The maximum absolute atomic E-state index is 10.7. The SMILES string of the molecule is C1=CC2CCC1C2.CC(=O)OC1C=CC=CC1OC(C)=O. The van der Waals surface area contributed by atoms with Crippen molar-refractivity contribution in [3.8, 4) is 0 Å². The molecule has 114 valence electrons. The van der Waals surface area contributed by atoms with Crippen LogP contribution < -0.4 is 0 Å². The Morgan fingerprint density at radius 1 is 0.810 bits per heavy atom. The first kappa shape index (κ1) is 15.5. The Morgan fingerprint density at radius 2 is 1.24 bits per heavy atom. The number of rotatable bonds is 2. The number of hydrogen-bond acceptors (Lipinski definition) is 4. The third-order valence-corrected chi connectivity index (χ3v) is 3.81. The van der Waals surface area contributed by atoms with Gasteiger partial charge in [-0.15, -0.1) is 0 Å². The second kappa shape index (κ2) is 7.25. The van der Waals surface area contributed by atoms with Crippen molar-refractivity contribution in [2.24, 2.45) is 11.8 Å². The van der Waals surface area contributed by atoms with Crippen molar-refractivity contribution in [1.82, 2.24) is 0 Å². The third kappa shape index (κ3) is 4.88. The lowest BCUT2D eigenvalue weighted by Crippen LogP contribution is -2.32. The summed E-state index contributed by atoms with van der Waals surface area (Å²) in [5.74, 6) is 1.19. The normalized spacial score (nSPS) is 31.5. The molecule has 4 atom stereocenters. The fourth-order valence-corrected chi connectivity index (χ4v) is 2.88. The van der Waals surface area contributed by atoms with Crippen molar-refractivity contribution in [1.29, 1.82) is 0 Å². The van der Waals surface area contributed by atoms with E-state index in [-0.39, 0.29) is 0 Å². The number of hydrogen-bond donors (Lipinski definition) is 0. The maximum atomic E-state index is 10.7. The van der Waals surface area contributed by atoms with E-state index in [1.54, 1.807) is 24.3 Å². The molecule has 4 unspecified atom stereocenters. The zero-order chi connectivity index (χ0) is 15.2. The highest BCUT2D eigenvalue weighted by Gasteiger charge is 2.25. The second-order valence-electron chi connectivity index (χ2n) is 5.64. The molecule has 4 nitrogen and oxygen atoms in total. The van der Waals surface area contributed by atoms with Crippen molar-refractivity contribution >= 4 is 11.9 Å². The van der Waals surface area contributed by atoms with Crippen LogP contribution in [0.1, 0.15) is 33.1 Å². The summed E-state index contributed by atoms with van der Waals surface area (Å²) >= 11 is 0. The summed E-state index contributed by atoms with van der Waals surface area (Å²) in [6, 6.07) is 0. The van der Waals surface area contributed by atoms with Crippen LogP contribution >= 0.6 is 0 Å². The molecule has 3 aliphatic carbocycles. The minimum Gasteiger partial charge on any atom is -0.454 e. The highest BCUT2D eigenvalue weighted by atomic mass is 16.6. The maximum Gasteiger partial charge on any atom is 0.303 e. The summed E-state index contributed by atoms with van der Waals surface area (Å²) in [6.45, 7) is 2.63. The predicted molar refractivity (Wildman–Crippen MR) is 79.4 cm³/mol. The van der Waals surface area contributed by atoms with E-state index in [4.69, 9.17) is 9.47 Å². The average Bonchev–Trinajstić information content (AvgIpc) is 3.05. The highest BCUT2D eigenvalue weighted by molar-refractivity contribution is 5.68. The summed E-state index contributed by atoms with van der Waals surface area (Å²) in [6.07, 6.45) is 15.0. The highest BCUT2D eigenvalue weighted by Crippen LogP contribution is 2.38. The largest absolute Gasteiger partial charge is 0.454 e. The van der Waals surface area contributed by atoms with Crippen molar-refractivity contribution in [2.75, 3.05) is 0 Å². The summed E-state index contributed by atoms with van der Waals surface area (Å²) in [4.78, 5) is 21.4. The van der Waals surface area contributed by atoms with Crippen LogP contribution in [0.15, 0.2) is 36.5 Å². The van der Waals surface area contributed by atoms with E-state index in [2.05, 4.69) is 12.2 Å². The summed E-state index contributed by atoms with van der Waals surface area (Å²) in [5.41, 5.74) is 0. The van der Waals surface area contributed by atoms with E-state index >= 15 is 0 Å². The number of allylic oxidation sites excluding steroid dienone is 4. The Hall–Kier alpha value is -1.84. The summed E-state index contributed by atoms with van der Waals surface area (Å²) < 4.78 is 9.90. The van der Waals surface area contributed by atoms with E-state index in [0.29, 0.717) is 0 Å². The van der Waals surface area contributed by atoms with E-state index in [1.165, 1.54) is 33.1 Å². The quantitative estimate of drug-likeness (QED) is 0.579. The second-order valence-corrected chi connectivity index (χ2v) is 5.64. The van der Waals surface area contributed by atoms with Gasteiger partial charge in [0.05, 0.1) is 0 Å². The lowest BCUT2D eigenvalue weighted by Gasteiger charge is -2.22. The first-order chi connectivity index (χ1) is 10.0. The van der Waals surface area contributed by atoms with Crippen molar-refractivity contribution in [3.63, 3.8) is 0 Å². The van der Waals surface area contributed by atoms with E-state index in [1.807, 2.05) is 0 Å². The molecule has 0 heterocycles. The van der Waals surface area contributed by atoms with Crippen LogP contribution in [-0.2, 0) is 19.1 Å². The molecule has 0 spiro atoms. The van der Waals surface area contributed by atoms with Gasteiger partial charge >= 0.3 is 11.9 Å². The molecule has 2 bridgehead atoms. The molecule has 0 aromatic rings. The molecule has 3 aliphatic rings. The Labute approximate surface area is 125 Å². The summed E-state index contributed by atoms with van der Waals surface area (Å²) in [5, 5.41) is 0. The molecule has 0 aromatic carbocycles. The molecular formula is C17H22O4. The van der Waals surface area contributed by atoms with Crippen molar-refractivity contribution in [3.05, 3.63) is 36.5 Å². The summed E-state index contributed by atoms with van der Waals surface area (Å²) in [7, 11) is 0. The van der Waals surface area contributed by atoms with Crippen LogP contribution in [-0.4, -0.2) is 24.1 Å². The predicted octanol–water partition coefficient (Wildman–Crippen LogP) is 2.95. The average molecular weight is 290 g/mol. The van der Waals surface area contributed by atoms with E-state index in [9.17, 15) is 9.59 Å². The van der Waals surface area contributed by atoms with Gasteiger partial charge < -0.3 is 9.47 Å². The lowest BCUT2D eigenvalue weighted by atomic mass is 10.1. The number of carbonyl (C=O) groups is 2. The molecule has 21 heavy (non-hydrogen) atoms. The molecule has 0 saturated heterocycles. The Kier molecular flexibility index (Phi) is 5.37. The molecule has 0 aliphatic heterocycles. The van der Waals surface area contributed by atoms with Gasteiger partial charge in [-0.2, -0.15) is 0 Å². The molecule has 1 saturated carbocycles. The van der Waals surface area contributed by atoms with Gasteiger partial charge in [0.15, 0.2) is 12.2 Å². The first-order valence-electron chi connectivity index (χ1n) is 7.42. The topological polar surface area (TPSA) is 52.6 Å². The Bertz CT molecular complexity index is 433. The lowest BCUT2D eigenvalue weighted by molar-refractivity contribution is -0.158. The van der Waals surface area contributed by atoms with Gasteiger partial charge in [-0.05, 0) is 43.3 Å². The molecule has 1 fully saturated rings. The van der Waals surface area contributed by atoms with Crippen LogP contribution in [0.25, 0.3) is 0 Å². The van der Waals surface area contributed by atoms with Crippen molar-refractivity contribution < 1.29 is 19.1 Å². The number of esters is 2. The van der Waals surface area contributed by atoms with E-state index < -0.39 is 24.1 Å². The van der Waals surface area contributed by atoms with E-state index in [0.717, 1.165) is 11.8 Å². The Balaban J connectivity index is 0.000000189. The number of ether oxygens (including phenoxy) is 2. The zero-order valence-electron chi connectivity index (χ0n) is 12.5. The monoisotopic (exact) mass is 290 g/mol. The minimum atomic E-state index is -0.513. The van der Waals surface area contributed by atoms with Crippen LogP contribution in [0.5, 0.6) is 0 Å². The van der Waals surface area contributed by atoms with Gasteiger partial charge in [0.2, 0.25) is 0 Å². The smallest absolute Gasteiger partial charge is 0.303 e. The molecule has 3 rings (SSSR count). The van der Waals surface area contributed by atoms with Crippen molar-refractivity contribution in [2.45, 2.75) is 45.3 Å². The van der Waals surface area contributed by atoms with Gasteiger partial charge in [-0.3, -0.25) is 9.59 Å². The van der Waals surface area contributed by atoms with Crippen LogP contribution in [0.3, 0.4) is 0 Å². The van der Waals surface area contributed by atoms with Crippen LogP contribution in [0.2, 0.25) is 0 Å². The first-order valence-corrected chi connectivity index (χ1v) is 7.42. The van der Waals surface area contributed by atoms with Gasteiger partial charge in [0.1, 0.15) is 0 Å². The molecule has 0 amide bonds. The number of carbonyl (C=O) groups excluding carboxylic acids is 2. The number of fused-ring (bicyclic) bond motifs is 2. The molecule has 4 heteroatoms. The standard InChI is InChI=1S/C10H12O4.C7H10/c1-7(11)13-9-5-3-4-6-10(9)14-8(2)12;1-2-7-4-3-6(1)5-7/h3-6,9-10H,1-2H3;1-2,6-7H,3-5H2. The molecular weight excluding hydrogens is 268 g/mol. The fraction of sp³-hybridized carbons (Fsp3) is 0.529. The van der Waals surface area contributed by atoms with Gasteiger partial charge in [0.25, 0.3) is 0 Å². The molecule has 0 aromatic heterocycles. The van der Waals surface area contributed by atoms with Gasteiger partial charge in [0, 0.05) is 13.8 Å². The molecule has 0 N–H and O–H groups in total. The third-order valence-electron chi connectivity index (χ3n) is 3.81. The van der Waals surface area contributed by atoms with Crippen LogP contribution in [0, 0.1) is 11.8 Å². The minimum absolute atomic E-state index is 0.396.